The first-order valence-corrected chi connectivity index (χ1v) is 9.32. The molecule has 27 heavy (non-hydrogen) atoms. The van der Waals surface area contributed by atoms with Crippen molar-refractivity contribution in [1.29, 1.82) is 0 Å². The highest BCUT2D eigenvalue weighted by Gasteiger charge is 2.28. The number of hydrazone groups is 1. The molecule has 0 bridgehead atoms. The van der Waals surface area contributed by atoms with Crippen molar-refractivity contribution in [2.45, 2.75) is 39.5 Å². The van der Waals surface area contributed by atoms with Crippen molar-refractivity contribution in [3.63, 3.8) is 0 Å². The summed E-state index contributed by atoms with van der Waals surface area (Å²) in [5, 5.41) is 4.65. The average Bonchev–Trinajstić information content (AvgIpc) is 3.02. The Kier molecular flexibility index (Phi) is 5.96. The molecule has 0 spiro atoms. The van der Waals surface area contributed by atoms with E-state index in [9.17, 15) is 9.59 Å². The summed E-state index contributed by atoms with van der Waals surface area (Å²) in [5.74, 6) is 0.0561. The Morgan fingerprint density at radius 1 is 1.30 bits per heavy atom. The van der Waals surface area contributed by atoms with Gasteiger partial charge < -0.3 is 9.15 Å². The number of rotatable bonds is 5. The van der Waals surface area contributed by atoms with E-state index in [1.165, 1.54) is 0 Å². The molecule has 1 aromatic carbocycles. The van der Waals surface area contributed by atoms with Crippen LogP contribution in [0.25, 0.3) is 0 Å². The summed E-state index contributed by atoms with van der Waals surface area (Å²) in [7, 11) is 0. The number of fused-ring (bicyclic) bond motifs is 1. The summed E-state index contributed by atoms with van der Waals surface area (Å²) in [5.41, 5.74) is 5.07. The van der Waals surface area contributed by atoms with Gasteiger partial charge in [0.2, 0.25) is 5.76 Å². The van der Waals surface area contributed by atoms with Crippen LogP contribution in [0.15, 0.2) is 33.8 Å². The third-order valence-corrected chi connectivity index (χ3v) is 4.69. The van der Waals surface area contributed by atoms with E-state index in [1.807, 2.05) is 13.8 Å². The molecule has 0 saturated carbocycles. The number of hydrogen-bond donors (Lipinski definition) is 1. The van der Waals surface area contributed by atoms with E-state index in [0.29, 0.717) is 47.1 Å². The van der Waals surface area contributed by atoms with Crippen LogP contribution in [0.5, 0.6) is 0 Å². The highest BCUT2D eigenvalue weighted by molar-refractivity contribution is 6.33. The van der Waals surface area contributed by atoms with Gasteiger partial charge in [0.1, 0.15) is 5.76 Å². The predicted molar refractivity (Wildman–Crippen MR) is 102 cm³/mol. The van der Waals surface area contributed by atoms with Gasteiger partial charge in [0, 0.05) is 17.5 Å². The van der Waals surface area contributed by atoms with E-state index in [4.69, 9.17) is 20.8 Å². The minimum atomic E-state index is -0.469. The van der Waals surface area contributed by atoms with Crippen LogP contribution < -0.4 is 5.43 Å². The summed E-state index contributed by atoms with van der Waals surface area (Å²) in [6.45, 7) is 4.08. The highest BCUT2D eigenvalue weighted by Crippen LogP contribution is 2.30. The van der Waals surface area contributed by atoms with Crippen LogP contribution in [-0.4, -0.2) is 24.2 Å². The number of nitrogens with one attached hydrogen (secondary N) is 1. The number of esters is 1. The fourth-order valence-electron chi connectivity index (χ4n) is 3.06. The Morgan fingerprint density at radius 2 is 2.07 bits per heavy atom. The minimum absolute atomic E-state index is 0.209. The van der Waals surface area contributed by atoms with E-state index in [2.05, 4.69) is 10.5 Å². The van der Waals surface area contributed by atoms with Gasteiger partial charge in [-0.2, -0.15) is 5.10 Å². The number of halogens is 1. The molecule has 1 N–H and O–H groups in total. The summed E-state index contributed by atoms with van der Waals surface area (Å²) in [4.78, 5) is 24.5. The van der Waals surface area contributed by atoms with Crippen molar-refractivity contribution in [3.8, 4) is 0 Å². The van der Waals surface area contributed by atoms with Crippen molar-refractivity contribution < 1.29 is 18.7 Å². The van der Waals surface area contributed by atoms with E-state index in [-0.39, 0.29) is 11.7 Å². The molecule has 1 aromatic heterocycles. The lowest BCUT2D eigenvalue weighted by atomic mass is 9.93. The zero-order chi connectivity index (χ0) is 19.4. The molecular formula is C20H21ClN2O4. The standard InChI is InChI=1S/C20H21ClN2O4/c1-3-11-26-20(25)18-12(2)17-15(9-6-10-16(17)27-18)22-23-19(24)13-7-4-5-8-14(13)21/h4-5,7-8H,3,6,9-11H2,1-2H3,(H,23,24)/b22-15+. The molecule has 1 aliphatic carbocycles. The molecule has 2 aromatic rings. The SMILES string of the molecule is CCCOC(=O)c1oc2c(c1C)/C(=N/NC(=O)c1ccccc1Cl)CCC2. The summed E-state index contributed by atoms with van der Waals surface area (Å²) >= 11 is 6.05. The lowest BCUT2D eigenvalue weighted by Gasteiger charge is -2.13. The number of carbonyl (C=O) groups excluding carboxylic acids is 2. The van der Waals surface area contributed by atoms with Crippen molar-refractivity contribution in [3.05, 3.63) is 57.5 Å². The molecule has 3 rings (SSSR count). The van der Waals surface area contributed by atoms with Gasteiger partial charge in [-0.25, -0.2) is 10.2 Å². The topological polar surface area (TPSA) is 80.9 Å². The molecule has 0 saturated heterocycles. The third kappa shape index (κ3) is 4.06. The van der Waals surface area contributed by atoms with Crippen LogP contribution in [0.1, 0.15) is 64.0 Å². The maximum Gasteiger partial charge on any atom is 0.374 e. The summed E-state index contributed by atoms with van der Waals surface area (Å²) in [6.07, 6.45) is 2.96. The zero-order valence-electron chi connectivity index (χ0n) is 15.3. The molecule has 0 fully saturated rings. The largest absolute Gasteiger partial charge is 0.460 e. The minimum Gasteiger partial charge on any atom is -0.460 e. The maximum absolute atomic E-state index is 12.3. The monoisotopic (exact) mass is 388 g/mol. The number of aryl methyl sites for hydroxylation is 1. The van der Waals surface area contributed by atoms with Gasteiger partial charge in [-0.3, -0.25) is 4.79 Å². The Morgan fingerprint density at radius 3 is 2.81 bits per heavy atom. The van der Waals surface area contributed by atoms with E-state index >= 15 is 0 Å². The van der Waals surface area contributed by atoms with Crippen LogP contribution >= 0.6 is 11.6 Å². The second kappa shape index (κ2) is 8.39. The fourth-order valence-corrected chi connectivity index (χ4v) is 3.28. The first kappa shape index (κ1) is 19.2. The predicted octanol–water partition coefficient (Wildman–Crippen LogP) is 4.28. The summed E-state index contributed by atoms with van der Waals surface area (Å²) < 4.78 is 10.9. The third-order valence-electron chi connectivity index (χ3n) is 4.36. The van der Waals surface area contributed by atoms with Crippen LogP contribution in [0.3, 0.4) is 0 Å². The van der Waals surface area contributed by atoms with Gasteiger partial charge in [0.15, 0.2) is 0 Å². The van der Waals surface area contributed by atoms with Gasteiger partial charge in [-0.15, -0.1) is 0 Å². The maximum atomic E-state index is 12.3. The molecule has 1 heterocycles. The van der Waals surface area contributed by atoms with Crippen molar-refractivity contribution in [1.82, 2.24) is 5.43 Å². The van der Waals surface area contributed by atoms with Crippen LogP contribution in [0.4, 0.5) is 0 Å². The van der Waals surface area contributed by atoms with E-state index in [1.54, 1.807) is 24.3 Å². The molecule has 7 heteroatoms. The normalized spacial score (nSPS) is 14.7. The van der Waals surface area contributed by atoms with E-state index in [0.717, 1.165) is 18.4 Å². The Labute approximate surface area is 162 Å². The molecule has 0 unspecified atom stereocenters. The average molecular weight is 389 g/mol. The van der Waals surface area contributed by atoms with Crippen molar-refractivity contribution in [2.75, 3.05) is 6.61 Å². The number of hydrogen-bond acceptors (Lipinski definition) is 5. The number of benzene rings is 1. The number of ether oxygens (including phenoxy) is 1. The van der Waals surface area contributed by atoms with Gasteiger partial charge in [-0.1, -0.05) is 30.7 Å². The fraction of sp³-hybridized carbons (Fsp3) is 0.350. The molecular weight excluding hydrogens is 368 g/mol. The number of furan rings is 1. The van der Waals surface area contributed by atoms with Gasteiger partial charge in [0.25, 0.3) is 5.91 Å². The lowest BCUT2D eigenvalue weighted by molar-refractivity contribution is 0.0465. The molecule has 0 radical (unpaired) electrons. The molecule has 1 amide bonds. The Bertz CT molecular complexity index is 901. The lowest BCUT2D eigenvalue weighted by Crippen LogP contribution is -2.22. The van der Waals surface area contributed by atoms with Crippen LogP contribution in [0, 0.1) is 6.92 Å². The zero-order valence-corrected chi connectivity index (χ0v) is 16.1. The molecule has 142 valence electrons. The smallest absolute Gasteiger partial charge is 0.374 e. The molecule has 0 atom stereocenters. The van der Waals surface area contributed by atoms with Crippen LogP contribution in [0.2, 0.25) is 5.02 Å². The van der Waals surface area contributed by atoms with Gasteiger partial charge in [0.05, 0.1) is 22.9 Å². The number of amides is 1. The van der Waals surface area contributed by atoms with E-state index < -0.39 is 5.97 Å². The number of carbonyl (C=O) groups is 2. The molecule has 6 nitrogen and oxygen atoms in total. The summed E-state index contributed by atoms with van der Waals surface area (Å²) in [6, 6.07) is 6.78. The second-order valence-corrected chi connectivity index (χ2v) is 6.73. The molecule has 0 aliphatic heterocycles. The molecule has 1 aliphatic rings. The second-order valence-electron chi connectivity index (χ2n) is 6.32. The first-order valence-electron chi connectivity index (χ1n) is 8.94. The highest BCUT2D eigenvalue weighted by atomic mass is 35.5. The Hall–Kier alpha value is -2.60. The Balaban J connectivity index is 1.84. The van der Waals surface area contributed by atoms with Crippen molar-refractivity contribution in [2.24, 2.45) is 5.10 Å². The first-order chi connectivity index (χ1) is 13.0. The van der Waals surface area contributed by atoms with Crippen molar-refractivity contribution >= 4 is 29.2 Å². The van der Waals surface area contributed by atoms with Gasteiger partial charge in [-0.05, 0) is 38.3 Å². The number of nitrogens with zero attached hydrogens (tertiary/aromatic N) is 1. The van der Waals surface area contributed by atoms with Crippen LogP contribution in [-0.2, 0) is 11.2 Å². The van der Waals surface area contributed by atoms with Gasteiger partial charge >= 0.3 is 5.97 Å². The quantitative estimate of drug-likeness (QED) is 0.612.